The monoisotopic (exact) mass is 513 g/mol. The van der Waals surface area contributed by atoms with Crippen LogP contribution in [0.25, 0.3) is 0 Å². The van der Waals surface area contributed by atoms with Crippen molar-refractivity contribution in [2.45, 2.75) is 51.1 Å². The number of halogens is 4. The maximum absolute atomic E-state index is 13.1. The lowest BCUT2D eigenvalue weighted by Gasteiger charge is -2.36. The number of hydrogen-bond acceptors (Lipinski definition) is 4. The lowest BCUT2D eigenvalue weighted by atomic mass is 9.69. The molecule has 4 atom stereocenters. The third kappa shape index (κ3) is 5.33. The minimum Gasteiger partial charge on any atom is -0.369 e. The molecule has 5 fully saturated rings. The van der Waals surface area contributed by atoms with Crippen LogP contribution in [-0.4, -0.2) is 60.9 Å². The van der Waals surface area contributed by atoms with Crippen molar-refractivity contribution in [3.63, 3.8) is 0 Å². The third-order valence-electron chi connectivity index (χ3n) is 8.58. The molecule has 9 heteroatoms. The van der Waals surface area contributed by atoms with E-state index in [2.05, 4.69) is 4.90 Å². The number of carbonyl (C=O) groups is 2. The van der Waals surface area contributed by atoms with Gasteiger partial charge in [0, 0.05) is 38.4 Å². The molecule has 2 amide bonds. The average molecular weight is 514 g/mol. The molecule has 2 bridgehead atoms. The number of unbranched alkanes of at least 4 members (excludes halogenated alkanes) is 1. The molecule has 194 valence electrons. The molecule has 1 aromatic rings. The Morgan fingerprint density at radius 2 is 1.43 bits per heavy atom. The van der Waals surface area contributed by atoms with Gasteiger partial charge in [-0.1, -0.05) is 12.5 Å². The molecule has 5 nitrogen and oxygen atoms in total. The van der Waals surface area contributed by atoms with Crippen molar-refractivity contribution in [2.24, 2.45) is 23.7 Å². The van der Waals surface area contributed by atoms with Crippen LogP contribution in [0.15, 0.2) is 24.3 Å². The van der Waals surface area contributed by atoms with Gasteiger partial charge in [0.1, 0.15) is 0 Å². The predicted molar refractivity (Wildman–Crippen MR) is 130 cm³/mol. The van der Waals surface area contributed by atoms with Gasteiger partial charge in [-0.05, 0) is 75.1 Å². The maximum Gasteiger partial charge on any atom is 0.416 e. The van der Waals surface area contributed by atoms with Gasteiger partial charge in [-0.2, -0.15) is 13.2 Å². The molecule has 1 aromatic carbocycles. The molecule has 4 unspecified atom stereocenters. The number of piperazine rings is 1. The van der Waals surface area contributed by atoms with E-state index >= 15 is 0 Å². The van der Waals surface area contributed by atoms with E-state index in [1.165, 1.54) is 12.1 Å². The molecule has 6 rings (SSSR count). The molecule has 3 saturated carbocycles. The molecule has 3 aliphatic carbocycles. The van der Waals surface area contributed by atoms with Gasteiger partial charge in [0.25, 0.3) is 0 Å². The van der Waals surface area contributed by atoms with E-state index in [0.29, 0.717) is 37.2 Å². The Bertz CT molecular complexity index is 885. The number of nitrogens with zero attached hydrogens (tertiary/aromatic N) is 3. The molecular weight excluding hydrogens is 479 g/mol. The van der Waals surface area contributed by atoms with Crippen LogP contribution in [0, 0.1) is 23.7 Å². The number of amides is 2. The minimum atomic E-state index is -4.33. The summed E-state index contributed by atoms with van der Waals surface area (Å²) in [6, 6.07) is 5.54. The van der Waals surface area contributed by atoms with E-state index in [4.69, 9.17) is 0 Å². The molecule has 0 radical (unpaired) electrons. The van der Waals surface area contributed by atoms with Gasteiger partial charge in [0.15, 0.2) is 0 Å². The Morgan fingerprint density at radius 3 is 2.03 bits per heavy atom. The van der Waals surface area contributed by atoms with Gasteiger partial charge in [0.2, 0.25) is 11.8 Å². The summed E-state index contributed by atoms with van der Waals surface area (Å²) in [6.07, 6.45) is 2.93. The van der Waals surface area contributed by atoms with E-state index in [0.717, 1.165) is 70.6 Å². The Kier molecular flexibility index (Phi) is 8.01. The first kappa shape index (κ1) is 26.3. The lowest BCUT2D eigenvalue weighted by molar-refractivity contribution is -0.140. The number of carbonyl (C=O) groups excluding carboxylic acids is 2. The number of hydrogen-bond donors (Lipinski definition) is 0. The SMILES string of the molecule is Cl.O=C1C2C3CCCC(CC3)C2C(=O)N1CCCCN1CCN(c2cccc(C(F)(F)F)c2)CC1. The van der Waals surface area contributed by atoms with Gasteiger partial charge in [0.05, 0.1) is 17.4 Å². The highest BCUT2D eigenvalue weighted by atomic mass is 35.5. The van der Waals surface area contributed by atoms with E-state index < -0.39 is 11.7 Å². The highest BCUT2D eigenvalue weighted by molar-refractivity contribution is 6.05. The van der Waals surface area contributed by atoms with Crippen LogP contribution in [0.4, 0.5) is 18.9 Å². The lowest BCUT2D eigenvalue weighted by Crippen LogP contribution is -2.46. The third-order valence-corrected chi connectivity index (χ3v) is 8.58. The van der Waals surface area contributed by atoms with Crippen molar-refractivity contribution in [2.75, 3.05) is 44.2 Å². The van der Waals surface area contributed by atoms with Crippen molar-refractivity contribution in [1.82, 2.24) is 9.80 Å². The Labute approximate surface area is 211 Å². The predicted octanol–water partition coefficient (Wildman–Crippen LogP) is 4.84. The quantitative estimate of drug-likeness (QED) is 0.403. The second kappa shape index (κ2) is 10.7. The van der Waals surface area contributed by atoms with Gasteiger partial charge in [-0.3, -0.25) is 19.4 Å². The highest BCUT2D eigenvalue weighted by Gasteiger charge is 2.56. The number of anilines is 1. The molecule has 5 aliphatic rings. The summed E-state index contributed by atoms with van der Waals surface area (Å²) in [5.41, 5.74) is 0.00803. The van der Waals surface area contributed by atoms with Crippen LogP contribution in [0.3, 0.4) is 0 Å². The first-order valence-electron chi connectivity index (χ1n) is 12.8. The second-order valence-electron chi connectivity index (χ2n) is 10.5. The Morgan fingerprint density at radius 1 is 0.829 bits per heavy atom. The van der Waals surface area contributed by atoms with Gasteiger partial charge in [-0.15, -0.1) is 12.4 Å². The molecule has 2 aliphatic heterocycles. The van der Waals surface area contributed by atoms with E-state index in [-0.39, 0.29) is 36.1 Å². The Balaban J connectivity index is 0.00000289. The fourth-order valence-electron chi connectivity index (χ4n) is 6.78. The fourth-order valence-corrected chi connectivity index (χ4v) is 6.78. The number of benzene rings is 1. The zero-order valence-electron chi connectivity index (χ0n) is 20.0. The molecular formula is C26H35ClF3N3O2. The summed E-state index contributed by atoms with van der Waals surface area (Å²) >= 11 is 0. The summed E-state index contributed by atoms with van der Waals surface area (Å²) in [5, 5.41) is 0. The molecule has 2 heterocycles. The zero-order chi connectivity index (χ0) is 23.9. The zero-order valence-corrected chi connectivity index (χ0v) is 20.8. The number of fused-ring (bicyclic) bond motifs is 3. The van der Waals surface area contributed by atoms with Crippen molar-refractivity contribution < 1.29 is 22.8 Å². The normalized spacial score (nSPS) is 29.2. The largest absolute Gasteiger partial charge is 0.416 e. The number of imide groups is 1. The highest BCUT2D eigenvalue weighted by Crippen LogP contribution is 2.51. The van der Waals surface area contributed by atoms with E-state index in [1.807, 2.05) is 4.90 Å². The standard InChI is InChI=1S/C26H34F3N3O2.ClH/c27-26(28,29)20-7-4-8-21(17-20)31-15-13-30(14-16-31)11-1-2-12-32-24(33)22-18-5-3-6-19(10-9-18)23(22)25(32)34;/h4,7-8,17-19,22-23H,1-3,5-6,9-16H2;1H. The summed E-state index contributed by atoms with van der Waals surface area (Å²) in [4.78, 5) is 32.0. The number of likely N-dealkylation sites (tertiary alicyclic amines) is 1. The summed E-state index contributed by atoms with van der Waals surface area (Å²) < 4.78 is 39.0. The van der Waals surface area contributed by atoms with E-state index in [9.17, 15) is 22.8 Å². The summed E-state index contributed by atoms with van der Waals surface area (Å²) in [6.45, 7) is 4.38. The smallest absolute Gasteiger partial charge is 0.369 e. The van der Waals surface area contributed by atoms with Gasteiger partial charge in [-0.25, -0.2) is 0 Å². The van der Waals surface area contributed by atoms with Crippen molar-refractivity contribution in [1.29, 1.82) is 0 Å². The van der Waals surface area contributed by atoms with Crippen molar-refractivity contribution in [3.8, 4) is 0 Å². The van der Waals surface area contributed by atoms with Crippen LogP contribution < -0.4 is 4.90 Å². The second-order valence-corrected chi connectivity index (χ2v) is 10.5. The van der Waals surface area contributed by atoms with E-state index in [1.54, 1.807) is 11.0 Å². The van der Waals surface area contributed by atoms with Crippen LogP contribution >= 0.6 is 12.4 Å². The maximum atomic E-state index is 13.1. The van der Waals surface area contributed by atoms with Gasteiger partial charge < -0.3 is 4.90 Å². The average Bonchev–Trinajstić information content (AvgIpc) is 3.03. The van der Waals surface area contributed by atoms with Crippen LogP contribution in [0.1, 0.15) is 50.5 Å². The minimum absolute atomic E-state index is 0. The summed E-state index contributed by atoms with van der Waals surface area (Å²) in [5.74, 6) is 0.856. The van der Waals surface area contributed by atoms with Crippen molar-refractivity contribution in [3.05, 3.63) is 29.8 Å². The van der Waals surface area contributed by atoms with Crippen LogP contribution in [0.5, 0.6) is 0 Å². The first-order chi connectivity index (χ1) is 16.3. The molecule has 2 saturated heterocycles. The summed E-state index contributed by atoms with van der Waals surface area (Å²) in [7, 11) is 0. The van der Waals surface area contributed by atoms with Gasteiger partial charge >= 0.3 is 6.18 Å². The Hall–Kier alpha value is -1.80. The van der Waals surface area contributed by atoms with Crippen LogP contribution in [0.2, 0.25) is 0 Å². The van der Waals surface area contributed by atoms with Crippen molar-refractivity contribution >= 4 is 29.9 Å². The number of rotatable bonds is 6. The molecule has 0 spiro atoms. The van der Waals surface area contributed by atoms with Crippen LogP contribution in [-0.2, 0) is 15.8 Å². The topological polar surface area (TPSA) is 43.9 Å². The first-order valence-corrected chi connectivity index (χ1v) is 12.8. The fraction of sp³-hybridized carbons (Fsp3) is 0.692. The number of alkyl halides is 3. The molecule has 0 aromatic heterocycles. The molecule has 0 N–H and O–H groups in total. The molecule has 35 heavy (non-hydrogen) atoms.